The number of piperidine rings is 1. The predicted molar refractivity (Wildman–Crippen MR) is 144 cm³/mol. The molecule has 0 aliphatic carbocycles. The van der Waals surface area contributed by atoms with Crippen molar-refractivity contribution in [3.05, 3.63) is 102 Å². The molecule has 0 saturated carbocycles. The van der Waals surface area contributed by atoms with Crippen LogP contribution in [0.3, 0.4) is 0 Å². The van der Waals surface area contributed by atoms with E-state index in [1.807, 2.05) is 61.8 Å². The second-order valence-electron chi connectivity index (χ2n) is 9.52. The molecule has 2 aliphatic rings. The maximum atomic E-state index is 13.3. The number of amides is 1. The van der Waals surface area contributed by atoms with Crippen LogP contribution in [0.15, 0.2) is 96.0 Å². The molecule has 4 aromatic rings. The van der Waals surface area contributed by atoms with Gasteiger partial charge in [0, 0.05) is 47.6 Å². The number of aromatic nitrogens is 2. The van der Waals surface area contributed by atoms with Gasteiger partial charge >= 0.3 is 0 Å². The lowest BCUT2D eigenvalue weighted by molar-refractivity contribution is -0.114. The van der Waals surface area contributed by atoms with Gasteiger partial charge in [0.1, 0.15) is 0 Å². The van der Waals surface area contributed by atoms with Gasteiger partial charge in [-0.1, -0.05) is 48.9 Å². The smallest absolute Gasteiger partial charge is 0.280 e. The molecule has 1 fully saturated rings. The highest BCUT2D eigenvalue weighted by Crippen LogP contribution is 2.33. The van der Waals surface area contributed by atoms with E-state index in [9.17, 15) is 4.79 Å². The fraction of sp³-hybridized carbons (Fsp3) is 0.233. The molecule has 2 aliphatic heterocycles. The number of carbonyl (C=O) groups is 1. The Morgan fingerprint density at radius 2 is 1.83 bits per heavy atom. The molecule has 4 heterocycles. The summed E-state index contributed by atoms with van der Waals surface area (Å²) in [4.78, 5) is 20.2. The lowest BCUT2D eigenvalue weighted by atomic mass is 9.97. The van der Waals surface area contributed by atoms with Crippen LogP contribution in [-0.2, 0) is 11.5 Å². The van der Waals surface area contributed by atoms with Crippen LogP contribution in [0, 0.1) is 0 Å². The van der Waals surface area contributed by atoms with Gasteiger partial charge in [-0.2, -0.15) is 10.1 Å². The Kier molecular flexibility index (Phi) is 5.95. The van der Waals surface area contributed by atoms with Gasteiger partial charge in [-0.3, -0.25) is 14.7 Å². The Balaban J connectivity index is 1.34. The molecule has 36 heavy (non-hydrogen) atoms. The summed E-state index contributed by atoms with van der Waals surface area (Å²) in [7, 11) is 0. The normalized spacial score (nSPS) is 19.9. The second kappa shape index (κ2) is 9.55. The molecule has 1 atom stereocenters. The summed E-state index contributed by atoms with van der Waals surface area (Å²) >= 11 is 0. The highest BCUT2D eigenvalue weighted by Gasteiger charge is 2.29. The Morgan fingerprint density at radius 3 is 2.67 bits per heavy atom. The number of anilines is 1. The van der Waals surface area contributed by atoms with Gasteiger partial charge in [-0.05, 0) is 55.7 Å². The summed E-state index contributed by atoms with van der Waals surface area (Å²) in [6, 6.07) is 22.6. The number of nitrogens with zero attached hydrogens (tertiary/aromatic N) is 5. The van der Waals surface area contributed by atoms with Crippen molar-refractivity contribution in [2.45, 2.75) is 38.9 Å². The van der Waals surface area contributed by atoms with Gasteiger partial charge in [-0.25, -0.2) is 0 Å². The summed E-state index contributed by atoms with van der Waals surface area (Å²) in [5, 5.41) is 7.18. The zero-order chi connectivity index (χ0) is 24.5. The highest BCUT2D eigenvalue weighted by atomic mass is 16.2. The minimum atomic E-state index is -0.0943. The fourth-order valence-corrected chi connectivity index (χ4v) is 5.40. The van der Waals surface area contributed by atoms with Crippen LogP contribution in [0.1, 0.15) is 43.4 Å². The highest BCUT2D eigenvalue weighted by molar-refractivity contribution is 6.32. The third kappa shape index (κ3) is 4.14. The minimum Gasteiger partial charge on any atom is -0.333 e. The molecule has 6 nitrogen and oxygen atoms in total. The first-order valence-electron chi connectivity index (χ1n) is 12.6. The lowest BCUT2D eigenvalue weighted by Gasteiger charge is -2.36. The molecule has 0 spiro atoms. The average molecular weight is 476 g/mol. The van der Waals surface area contributed by atoms with E-state index in [1.165, 1.54) is 28.9 Å². The quantitative estimate of drug-likeness (QED) is 0.331. The summed E-state index contributed by atoms with van der Waals surface area (Å²) in [6.45, 7) is 3.75. The van der Waals surface area contributed by atoms with Gasteiger partial charge < -0.3 is 4.57 Å². The topological polar surface area (TPSA) is 53.7 Å². The molecule has 0 bridgehead atoms. The van der Waals surface area contributed by atoms with E-state index in [1.54, 1.807) is 0 Å². The van der Waals surface area contributed by atoms with Crippen LogP contribution < -0.4 is 5.01 Å². The molecule has 6 rings (SSSR count). The number of hydrogen-bond acceptors (Lipinski definition) is 4. The lowest BCUT2D eigenvalue weighted by Crippen LogP contribution is -2.34. The van der Waals surface area contributed by atoms with E-state index in [2.05, 4.69) is 56.1 Å². The SMILES string of the molecule is CC1=NN(c2ccccc2)C(=O)C1=Cc1cn(CN2CCCCC2c2cccnc2)c2ccccc12. The maximum Gasteiger partial charge on any atom is 0.280 e. The Morgan fingerprint density at radius 1 is 1.00 bits per heavy atom. The van der Waals surface area contributed by atoms with Crippen molar-refractivity contribution < 1.29 is 4.79 Å². The number of fused-ring (bicyclic) bond motifs is 1. The van der Waals surface area contributed by atoms with Crippen LogP contribution in [0.2, 0.25) is 0 Å². The van der Waals surface area contributed by atoms with E-state index in [4.69, 9.17) is 0 Å². The zero-order valence-electron chi connectivity index (χ0n) is 20.4. The van der Waals surface area contributed by atoms with E-state index in [0.29, 0.717) is 11.6 Å². The maximum absolute atomic E-state index is 13.3. The number of carbonyl (C=O) groups excluding carboxylic acids is 1. The largest absolute Gasteiger partial charge is 0.333 e. The number of hydrazone groups is 1. The van der Waals surface area contributed by atoms with E-state index in [0.717, 1.165) is 42.0 Å². The molecule has 180 valence electrons. The van der Waals surface area contributed by atoms with Gasteiger partial charge in [0.05, 0.1) is 23.6 Å². The summed E-state index contributed by atoms with van der Waals surface area (Å²) in [6.07, 6.45) is 11.6. The van der Waals surface area contributed by atoms with Crippen molar-refractivity contribution in [1.82, 2.24) is 14.5 Å². The van der Waals surface area contributed by atoms with Gasteiger partial charge in [-0.15, -0.1) is 0 Å². The molecular weight excluding hydrogens is 446 g/mol. The van der Waals surface area contributed by atoms with Crippen LogP contribution in [0.4, 0.5) is 5.69 Å². The first kappa shape index (κ1) is 22.4. The molecular formula is C30H29N5O. The number of rotatable bonds is 5. The van der Waals surface area contributed by atoms with Crippen molar-refractivity contribution in [2.24, 2.45) is 5.10 Å². The summed E-state index contributed by atoms with van der Waals surface area (Å²) in [5.74, 6) is -0.0943. The Bertz CT molecular complexity index is 1450. The Hall–Kier alpha value is -4.03. The summed E-state index contributed by atoms with van der Waals surface area (Å²) < 4.78 is 2.32. The van der Waals surface area contributed by atoms with Gasteiger partial charge in [0.25, 0.3) is 5.91 Å². The van der Waals surface area contributed by atoms with E-state index >= 15 is 0 Å². The first-order valence-corrected chi connectivity index (χ1v) is 12.6. The number of likely N-dealkylation sites (tertiary alicyclic amines) is 1. The van der Waals surface area contributed by atoms with Crippen molar-refractivity contribution >= 4 is 34.3 Å². The van der Waals surface area contributed by atoms with Crippen molar-refractivity contribution in [1.29, 1.82) is 0 Å². The third-order valence-electron chi connectivity index (χ3n) is 7.20. The van der Waals surface area contributed by atoms with Crippen LogP contribution in [0.25, 0.3) is 17.0 Å². The standard InChI is InChI=1S/C30H29N5O/c1-22-27(30(36)35(32-22)25-11-3-2-4-12-25)18-24-20-34(29-15-6-5-13-26(24)29)21-33-17-8-7-14-28(33)23-10-9-16-31-19-23/h2-6,9-13,15-16,18-20,28H,7-8,14,17,21H2,1H3. The van der Waals surface area contributed by atoms with Gasteiger partial charge in [0.2, 0.25) is 0 Å². The second-order valence-corrected chi connectivity index (χ2v) is 9.52. The predicted octanol–water partition coefficient (Wildman–Crippen LogP) is 6.03. The first-order chi connectivity index (χ1) is 17.7. The Labute approximate surface area is 211 Å². The van der Waals surface area contributed by atoms with E-state index < -0.39 is 0 Å². The van der Waals surface area contributed by atoms with Gasteiger partial charge in [0.15, 0.2) is 0 Å². The van der Waals surface area contributed by atoms with Crippen LogP contribution in [-0.4, -0.2) is 32.6 Å². The molecule has 0 N–H and O–H groups in total. The number of para-hydroxylation sites is 2. The van der Waals surface area contributed by atoms with Crippen LogP contribution in [0.5, 0.6) is 0 Å². The minimum absolute atomic E-state index is 0.0943. The average Bonchev–Trinajstić information content (AvgIpc) is 3.42. The molecule has 1 unspecified atom stereocenters. The monoisotopic (exact) mass is 475 g/mol. The molecule has 2 aromatic heterocycles. The van der Waals surface area contributed by atoms with Crippen molar-refractivity contribution in [3.63, 3.8) is 0 Å². The molecule has 1 amide bonds. The summed E-state index contributed by atoms with van der Waals surface area (Å²) in [5.41, 5.74) is 5.62. The molecule has 0 radical (unpaired) electrons. The number of benzene rings is 2. The van der Waals surface area contributed by atoms with Crippen LogP contribution >= 0.6 is 0 Å². The van der Waals surface area contributed by atoms with Crippen molar-refractivity contribution in [3.8, 4) is 0 Å². The van der Waals surface area contributed by atoms with E-state index in [-0.39, 0.29) is 5.91 Å². The fourth-order valence-electron chi connectivity index (χ4n) is 5.40. The molecule has 6 heteroatoms. The molecule has 1 saturated heterocycles. The number of pyridine rings is 1. The van der Waals surface area contributed by atoms with Crippen molar-refractivity contribution in [2.75, 3.05) is 11.6 Å². The zero-order valence-corrected chi connectivity index (χ0v) is 20.4. The molecule has 2 aromatic carbocycles. The number of hydrogen-bond donors (Lipinski definition) is 0. The third-order valence-corrected chi connectivity index (χ3v) is 7.20.